The summed E-state index contributed by atoms with van der Waals surface area (Å²) in [5, 5.41) is 6.46. The van der Waals surface area contributed by atoms with Crippen molar-refractivity contribution >= 4 is 82.2 Å². The van der Waals surface area contributed by atoms with Gasteiger partial charge in [0.1, 0.15) is 6.04 Å². The molecule has 10 heteroatoms. The number of fused-ring (bicyclic) bond motifs is 1. The molecule has 2 atom stereocenters. The van der Waals surface area contributed by atoms with Crippen LogP contribution in [0.5, 0.6) is 0 Å². The number of carbonyl (C=O) groups is 2. The molecule has 2 amide bonds. The summed E-state index contributed by atoms with van der Waals surface area (Å²) in [6.45, 7) is 0. The lowest BCUT2D eigenvalue weighted by atomic mass is 10.2. The highest BCUT2D eigenvalue weighted by molar-refractivity contribution is 9.13. The number of nitrogens with one attached hydrogen (secondary N) is 3. The van der Waals surface area contributed by atoms with E-state index < -0.39 is 12.1 Å². The minimum absolute atomic E-state index is 0.263. The summed E-state index contributed by atoms with van der Waals surface area (Å²) in [7, 11) is 3.04. The van der Waals surface area contributed by atoms with Gasteiger partial charge in [-0.25, -0.2) is 0 Å². The summed E-state index contributed by atoms with van der Waals surface area (Å²) in [5.74, 6) is 0.475. The topological polar surface area (TPSA) is 100 Å². The molecule has 1 saturated heterocycles. The van der Waals surface area contributed by atoms with E-state index in [1.807, 2.05) is 24.4 Å². The van der Waals surface area contributed by atoms with Crippen molar-refractivity contribution in [1.82, 2.24) is 15.6 Å². The Labute approximate surface area is 175 Å². The third-order valence-electron chi connectivity index (χ3n) is 3.78. The molecule has 0 saturated carbocycles. The maximum Gasteiger partial charge on any atom is 0.247 e. The number of amides is 2. The number of hydrogen-bond acceptors (Lipinski definition) is 5. The fraction of sp³-hybridized carbons (Fsp3) is 0.250. The molecule has 1 aliphatic rings. The van der Waals surface area contributed by atoms with Crippen LogP contribution in [-0.4, -0.2) is 40.4 Å². The van der Waals surface area contributed by atoms with Crippen molar-refractivity contribution in [2.75, 3.05) is 11.5 Å². The minimum atomic E-state index is -0.607. The molecule has 6 nitrogen and oxygen atoms in total. The molecule has 0 bridgehead atoms. The minimum Gasteiger partial charge on any atom is -0.361 e. The molecule has 2 heterocycles. The fourth-order valence-corrected chi connectivity index (χ4v) is 5.34. The molecule has 3 rings (SSSR count). The molecule has 2 aromatic rings. The monoisotopic (exact) mass is 518 g/mol. The second-order valence-corrected chi connectivity index (χ2v) is 9.90. The number of H-pyrrole nitrogens is 1. The predicted molar refractivity (Wildman–Crippen MR) is 116 cm³/mol. The van der Waals surface area contributed by atoms with E-state index in [4.69, 9.17) is 5.73 Å². The summed E-state index contributed by atoms with van der Waals surface area (Å²) in [4.78, 5) is 27.4. The number of rotatable bonds is 3. The Bertz CT molecular complexity index is 871. The van der Waals surface area contributed by atoms with Crippen molar-refractivity contribution in [2.45, 2.75) is 12.1 Å². The summed E-state index contributed by atoms with van der Waals surface area (Å²) < 4.78 is 1.91. The number of nitrogens with two attached hydrogens (primary N) is 1. The molecule has 0 unspecified atom stereocenters. The quantitative estimate of drug-likeness (QED) is 0.467. The summed E-state index contributed by atoms with van der Waals surface area (Å²) in [6, 6.07) is 2.78. The van der Waals surface area contributed by atoms with Crippen molar-refractivity contribution in [3.8, 4) is 0 Å². The van der Waals surface area contributed by atoms with Gasteiger partial charge in [0.2, 0.25) is 11.8 Å². The van der Waals surface area contributed by atoms with Gasteiger partial charge in [-0.1, -0.05) is 21.6 Å². The van der Waals surface area contributed by atoms with E-state index >= 15 is 0 Å². The standard InChI is InChI=1S/C16H16Br2N4O2S2/c17-10-3-9-8(5-21-13(9)4-11(10)18)1-2-20-16(24)14-7-26-25-6-12(19)15(23)22-14/h1-5,12,14,21H,6-7,19H2,(H,20,24)(H,22,23)/b2-1-/t12-,14-/m0/s1. The maximum absolute atomic E-state index is 12.3. The second-order valence-electron chi connectivity index (χ2n) is 5.63. The molecule has 0 aliphatic carbocycles. The number of aromatic amines is 1. The van der Waals surface area contributed by atoms with Gasteiger partial charge in [-0.3, -0.25) is 9.59 Å². The molecule has 138 valence electrons. The number of carbonyl (C=O) groups excluding carboxylic acids is 2. The Kier molecular flexibility index (Phi) is 6.73. The van der Waals surface area contributed by atoms with E-state index in [9.17, 15) is 9.59 Å². The van der Waals surface area contributed by atoms with E-state index in [2.05, 4.69) is 47.5 Å². The Morgan fingerprint density at radius 2 is 2.00 bits per heavy atom. The van der Waals surface area contributed by atoms with Crippen LogP contribution in [0.2, 0.25) is 0 Å². The molecule has 1 fully saturated rings. The smallest absolute Gasteiger partial charge is 0.247 e. The van der Waals surface area contributed by atoms with Gasteiger partial charge in [-0.15, -0.1) is 0 Å². The number of hydrogen-bond donors (Lipinski definition) is 4. The van der Waals surface area contributed by atoms with Gasteiger partial charge in [-0.2, -0.15) is 0 Å². The van der Waals surface area contributed by atoms with Gasteiger partial charge in [0.25, 0.3) is 0 Å². The van der Waals surface area contributed by atoms with E-state index in [-0.39, 0.29) is 11.8 Å². The highest BCUT2D eigenvalue weighted by Gasteiger charge is 2.26. The van der Waals surface area contributed by atoms with Crippen LogP contribution < -0.4 is 16.4 Å². The van der Waals surface area contributed by atoms with Gasteiger partial charge >= 0.3 is 0 Å². The zero-order chi connectivity index (χ0) is 18.7. The fourth-order valence-electron chi connectivity index (χ4n) is 2.37. The first-order valence-electron chi connectivity index (χ1n) is 7.69. The summed E-state index contributed by atoms with van der Waals surface area (Å²) in [5.41, 5.74) is 7.68. The van der Waals surface area contributed by atoms with E-state index in [1.165, 1.54) is 21.6 Å². The average molecular weight is 520 g/mol. The number of benzene rings is 1. The lowest BCUT2D eigenvalue weighted by molar-refractivity contribution is -0.128. The van der Waals surface area contributed by atoms with Crippen LogP contribution in [0.4, 0.5) is 0 Å². The number of aromatic nitrogens is 1. The Morgan fingerprint density at radius 1 is 1.27 bits per heavy atom. The largest absolute Gasteiger partial charge is 0.361 e. The van der Waals surface area contributed by atoms with Crippen LogP contribution >= 0.6 is 53.4 Å². The van der Waals surface area contributed by atoms with E-state index in [1.54, 1.807) is 6.20 Å². The van der Waals surface area contributed by atoms with Crippen LogP contribution in [0.15, 0.2) is 33.5 Å². The Morgan fingerprint density at radius 3 is 2.81 bits per heavy atom. The van der Waals surface area contributed by atoms with E-state index in [0.29, 0.717) is 11.5 Å². The van der Waals surface area contributed by atoms with Crippen molar-refractivity contribution < 1.29 is 9.59 Å². The van der Waals surface area contributed by atoms with Gasteiger partial charge < -0.3 is 21.4 Å². The summed E-state index contributed by atoms with van der Waals surface area (Å²) in [6.07, 6.45) is 5.27. The molecule has 0 spiro atoms. The molecule has 1 aromatic carbocycles. The molecule has 1 aliphatic heterocycles. The van der Waals surface area contributed by atoms with Crippen LogP contribution in [0.25, 0.3) is 17.0 Å². The summed E-state index contributed by atoms with van der Waals surface area (Å²) >= 11 is 6.97. The molecule has 0 radical (unpaired) electrons. The highest BCUT2D eigenvalue weighted by Crippen LogP contribution is 2.30. The van der Waals surface area contributed by atoms with Crippen LogP contribution in [0, 0.1) is 0 Å². The van der Waals surface area contributed by atoms with Gasteiger partial charge in [0, 0.05) is 49.3 Å². The zero-order valence-electron chi connectivity index (χ0n) is 13.4. The van der Waals surface area contributed by atoms with Crippen LogP contribution in [0.3, 0.4) is 0 Å². The first-order chi connectivity index (χ1) is 12.5. The maximum atomic E-state index is 12.3. The lowest BCUT2D eigenvalue weighted by Crippen LogP contribution is -2.53. The van der Waals surface area contributed by atoms with Crippen molar-refractivity contribution in [2.24, 2.45) is 5.73 Å². The molecular weight excluding hydrogens is 504 g/mol. The highest BCUT2D eigenvalue weighted by atomic mass is 79.9. The molecule has 26 heavy (non-hydrogen) atoms. The van der Waals surface area contributed by atoms with Crippen molar-refractivity contribution in [3.05, 3.63) is 39.0 Å². The number of halogens is 2. The normalized spacial score (nSPS) is 21.4. The Balaban J connectivity index is 1.67. The van der Waals surface area contributed by atoms with Crippen LogP contribution in [-0.2, 0) is 9.59 Å². The van der Waals surface area contributed by atoms with Gasteiger partial charge in [0.05, 0.1) is 6.04 Å². The van der Waals surface area contributed by atoms with Crippen LogP contribution in [0.1, 0.15) is 5.56 Å². The van der Waals surface area contributed by atoms with Crippen molar-refractivity contribution in [1.29, 1.82) is 0 Å². The van der Waals surface area contributed by atoms with Gasteiger partial charge in [0.15, 0.2) is 0 Å². The SMILES string of the molecule is N[C@H]1CSSC[C@@H](C(=O)N/C=C\c2c[nH]c3cc(Br)c(Br)cc23)NC1=O. The van der Waals surface area contributed by atoms with Gasteiger partial charge in [-0.05, 0) is 50.1 Å². The third-order valence-corrected chi connectivity index (χ3v) is 8.07. The molecule has 5 N–H and O–H groups in total. The van der Waals surface area contributed by atoms with Crippen molar-refractivity contribution in [3.63, 3.8) is 0 Å². The molecular formula is C16H16Br2N4O2S2. The predicted octanol–water partition coefficient (Wildman–Crippen LogP) is 2.99. The average Bonchev–Trinajstić information content (AvgIpc) is 2.98. The molecule has 1 aromatic heterocycles. The second kappa shape index (κ2) is 8.83. The third kappa shape index (κ3) is 4.66. The lowest BCUT2D eigenvalue weighted by Gasteiger charge is -2.22. The Hall–Kier alpha value is -0.940. The first kappa shape index (κ1) is 19.8. The first-order valence-corrected chi connectivity index (χ1v) is 11.8. The zero-order valence-corrected chi connectivity index (χ0v) is 18.2. The van der Waals surface area contributed by atoms with E-state index in [0.717, 1.165) is 25.4 Å².